The molecule has 4 unspecified atom stereocenters. The van der Waals surface area contributed by atoms with Crippen molar-refractivity contribution in [3.05, 3.63) is 0 Å². The lowest BCUT2D eigenvalue weighted by atomic mass is 9.80. The van der Waals surface area contributed by atoms with Crippen LogP contribution in [0.3, 0.4) is 0 Å². The van der Waals surface area contributed by atoms with Crippen LogP contribution in [-0.2, 0) is 28.5 Å². The molecule has 5 N–H and O–H groups in total. The van der Waals surface area contributed by atoms with Gasteiger partial charge in [0.05, 0.1) is 44.0 Å². The number of rotatable bonds is 11. The maximum Gasteiger partial charge on any atom is 0.407 e. The largest absolute Gasteiger partial charge is 0.444 e. The van der Waals surface area contributed by atoms with E-state index in [1.807, 2.05) is 0 Å². The Bertz CT molecular complexity index is 566. The van der Waals surface area contributed by atoms with Gasteiger partial charge in [0.25, 0.3) is 0 Å². The van der Waals surface area contributed by atoms with Crippen molar-refractivity contribution < 1.29 is 38.4 Å². The van der Waals surface area contributed by atoms with Gasteiger partial charge >= 0.3 is 6.09 Å². The number of hydrogen-bond acceptors (Lipinski definition) is 8. The molecule has 0 spiro atoms. The van der Waals surface area contributed by atoms with Gasteiger partial charge in [-0.2, -0.15) is 0 Å². The van der Waals surface area contributed by atoms with Crippen LogP contribution in [0.15, 0.2) is 0 Å². The van der Waals surface area contributed by atoms with Crippen LogP contribution >= 0.6 is 0 Å². The summed E-state index contributed by atoms with van der Waals surface area (Å²) in [6.45, 7) is 6.11. The molecule has 11 nitrogen and oxygen atoms in total. The van der Waals surface area contributed by atoms with E-state index >= 15 is 0 Å². The minimum atomic E-state index is -1.12. The zero-order valence-corrected chi connectivity index (χ0v) is 18.1. The predicted octanol–water partition coefficient (Wildman–Crippen LogP) is -0.700. The highest BCUT2D eigenvalue weighted by molar-refractivity contribution is 5.79. The molecule has 1 fully saturated rings. The molecule has 1 aliphatic carbocycles. The van der Waals surface area contributed by atoms with E-state index in [1.54, 1.807) is 20.8 Å². The molecule has 4 atom stereocenters. The third-order valence-electron chi connectivity index (χ3n) is 4.44. The number of carbonyl (C=O) groups excluding carboxylic acids is 3. The van der Waals surface area contributed by atoms with Crippen molar-refractivity contribution in [3.63, 3.8) is 0 Å². The quantitative estimate of drug-likeness (QED) is 0.311. The van der Waals surface area contributed by atoms with E-state index in [9.17, 15) is 19.5 Å². The molecule has 3 amide bonds. The van der Waals surface area contributed by atoms with Crippen molar-refractivity contribution in [2.24, 2.45) is 11.7 Å². The summed E-state index contributed by atoms with van der Waals surface area (Å²) in [5, 5.41) is 15.6. The first kappa shape index (κ1) is 26.1. The topological polar surface area (TPSA) is 158 Å². The number of amides is 3. The maximum atomic E-state index is 12.0. The van der Waals surface area contributed by atoms with E-state index in [4.69, 9.17) is 24.7 Å². The van der Waals surface area contributed by atoms with Crippen molar-refractivity contribution in [1.29, 1.82) is 0 Å². The first-order chi connectivity index (χ1) is 14.0. The molecule has 0 aliphatic heterocycles. The Hall–Kier alpha value is -1.95. The molecule has 0 aromatic rings. The molecule has 11 heteroatoms. The number of alkyl carbamates (subject to hydrolysis) is 1. The van der Waals surface area contributed by atoms with Crippen LogP contribution in [0.5, 0.6) is 0 Å². The standard InChI is InChI=1S/C19H35N3O8/c1-19(2,3)30-18(26)21-7-8-28-9-10-29-11-14(23)22-12-5-6-13(27-4)15(16(12)24)17(20)25/h12-13,15-16,24H,5-11H2,1-4H3,(H2,20,25)(H,21,26)(H,22,23). The second-order valence-electron chi connectivity index (χ2n) is 8.04. The molecule has 0 aromatic carbocycles. The molecule has 1 aliphatic rings. The van der Waals surface area contributed by atoms with Gasteiger partial charge in [0.15, 0.2) is 0 Å². The Balaban J connectivity index is 2.15. The molecule has 0 saturated heterocycles. The number of nitrogens with two attached hydrogens (primary N) is 1. The highest BCUT2D eigenvalue weighted by atomic mass is 16.6. The maximum absolute atomic E-state index is 12.0. The Morgan fingerprint density at radius 2 is 1.77 bits per heavy atom. The number of nitrogens with one attached hydrogen (secondary N) is 2. The van der Waals surface area contributed by atoms with E-state index < -0.39 is 47.7 Å². The Labute approximate surface area is 176 Å². The van der Waals surface area contributed by atoms with Gasteiger partial charge < -0.3 is 40.4 Å². The highest BCUT2D eigenvalue weighted by Crippen LogP contribution is 2.27. The number of methoxy groups -OCH3 is 1. The average Bonchev–Trinajstić information content (AvgIpc) is 2.63. The lowest BCUT2D eigenvalue weighted by molar-refractivity contribution is -0.141. The molecule has 174 valence electrons. The van der Waals surface area contributed by atoms with E-state index in [1.165, 1.54) is 7.11 Å². The van der Waals surface area contributed by atoms with E-state index in [2.05, 4.69) is 10.6 Å². The minimum Gasteiger partial charge on any atom is -0.444 e. The molecular formula is C19H35N3O8. The summed E-state index contributed by atoms with van der Waals surface area (Å²) >= 11 is 0. The number of primary amides is 1. The van der Waals surface area contributed by atoms with Crippen LogP contribution in [0.25, 0.3) is 0 Å². The van der Waals surface area contributed by atoms with Crippen LogP contribution in [0.4, 0.5) is 4.79 Å². The van der Waals surface area contributed by atoms with E-state index in [-0.39, 0.29) is 26.4 Å². The van der Waals surface area contributed by atoms with E-state index in [0.717, 1.165) is 0 Å². The van der Waals surface area contributed by atoms with Gasteiger partial charge in [-0.1, -0.05) is 0 Å². The lowest BCUT2D eigenvalue weighted by Gasteiger charge is -2.38. The van der Waals surface area contributed by atoms with Gasteiger partial charge in [-0.3, -0.25) is 9.59 Å². The van der Waals surface area contributed by atoms with Gasteiger partial charge in [0.2, 0.25) is 11.8 Å². The number of hydrogen-bond donors (Lipinski definition) is 4. The summed E-state index contributed by atoms with van der Waals surface area (Å²) in [6, 6.07) is -0.597. The van der Waals surface area contributed by atoms with Crippen LogP contribution in [0.2, 0.25) is 0 Å². The fourth-order valence-corrected chi connectivity index (χ4v) is 3.11. The van der Waals surface area contributed by atoms with Gasteiger partial charge in [0.1, 0.15) is 12.2 Å². The second kappa shape index (κ2) is 12.7. The smallest absolute Gasteiger partial charge is 0.407 e. The van der Waals surface area contributed by atoms with Crippen LogP contribution in [-0.4, -0.2) is 86.9 Å². The molecule has 1 saturated carbocycles. The first-order valence-corrected chi connectivity index (χ1v) is 9.97. The minimum absolute atomic E-state index is 0.183. The van der Waals surface area contributed by atoms with Gasteiger partial charge in [0, 0.05) is 13.7 Å². The average molecular weight is 434 g/mol. The third kappa shape index (κ3) is 9.70. The molecule has 0 heterocycles. The fourth-order valence-electron chi connectivity index (χ4n) is 3.11. The molecule has 0 aromatic heterocycles. The number of carbonyl (C=O) groups is 3. The summed E-state index contributed by atoms with van der Waals surface area (Å²) < 4.78 is 20.8. The summed E-state index contributed by atoms with van der Waals surface area (Å²) in [5.74, 6) is -1.95. The van der Waals surface area contributed by atoms with E-state index in [0.29, 0.717) is 19.4 Å². The summed E-state index contributed by atoms with van der Waals surface area (Å²) in [4.78, 5) is 35.0. The van der Waals surface area contributed by atoms with Gasteiger partial charge in [-0.15, -0.1) is 0 Å². The second-order valence-corrected chi connectivity index (χ2v) is 8.04. The monoisotopic (exact) mass is 433 g/mol. The summed E-state index contributed by atoms with van der Waals surface area (Å²) in [5.41, 5.74) is 4.79. The molecule has 30 heavy (non-hydrogen) atoms. The summed E-state index contributed by atoms with van der Waals surface area (Å²) in [6.07, 6.45) is -1.14. The molecule has 0 bridgehead atoms. The van der Waals surface area contributed by atoms with Crippen molar-refractivity contribution in [3.8, 4) is 0 Å². The predicted molar refractivity (Wildman–Crippen MR) is 107 cm³/mol. The van der Waals surface area contributed by atoms with Crippen LogP contribution < -0.4 is 16.4 Å². The lowest BCUT2D eigenvalue weighted by Crippen LogP contribution is -2.57. The SMILES string of the molecule is COC1CCC(NC(=O)COCCOCCNC(=O)OC(C)(C)C)C(O)C1C(N)=O. The zero-order chi connectivity index (χ0) is 22.7. The Kier molecular flexibility index (Phi) is 11.0. The molecular weight excluding hydrogens is 398 g/mol. The van der Waals surface area contributed by atoms with Crippen molar-refractivity contribution in [2.75, 3.05) is 40.1 Å². The van der Waals surface area contributed by atoms with Crippen LogP contribution in [0.1, 0.15) is 33.6 Å². The molecule has 1 rings (SSSR count). The highest BCUT2D eigenvalue weighted by Gasteiger charge is 2.42. The normalized spacial score (nSPS) is 24.2. The zero-order valence-electron chi connectivity index (χ0n) is 18.1. The van der Waals surface area contributed by atoms with Crippen molar-refractivity contribution in [2.45, 2.75) is 57.5 Å². The van der Waals surface area contributed by atoms with Crippen molar-refractivity contribution >= 4 is 17.9 Å². The number of aliphatic hydroxyl groups is 1. The first-order valence-electron chi connectivity index (χ1n) is 9.97. The Morgan fingerprint density at radius 3 is 2.37 bits per heavy atom. The number of ether oxygens (including phenoxy) is 4. The molecule has 0 radical (unpaired) electrons. The third-order valence-corrected chi connectivity index (χ3v) is 4.44. The van der Waals surface area contributed by atoms with Gasteiger partial charge in [-0.05, 0) is 33.6 Å². The summed E-state index contributed by atoms with van der Waals surface area (Å²) in [7, 11) is 1.45. The van der Waals surface area contributed by atoms with Crippen molar-refractivity contribution in [1.82, 2.24) is 10.6 Å². The van der Waals surface area contributed by atoms with Crippen LogP contribution in [0, 0.1) is 5.92 Å². The van der Waals surface area contributed by atoms with Gasteiger partial charge in [-0.25, -0.2) is 4.79 Å². The fraction of sp³-hybridized carbons (Fsp3) is 0.842. The Morgan fingerprint density at radius 1 is 1.10 bits per heavy atom. The number of aliphatic hydroxyl groups excluding tert-OH is 1.